The SMILES string of the molecule is O=C(CCNCC(O)c1ccc(Cl)c(Cl)c1)c1ccccc1. The molecule has 22 heavy (non-hydrogen) atoms. The molecule has 0 aromatic heterocycles. The van der Waals surface area contributed by atoms with E-state index in [0.717, 1.165) is 0 Å². The smallest absolute Gasteiger partial charge is 0.164 e. The Morgan fingerprint density at radius 2 is 1.82 bits per heavy atom. The third-order valence-electron chi connectivity index (χ3n) is 3.29. The van der Waals surface area contributed by atoms with E-state index in [1.54, 1.807) is 30.3 Å². The van der Waals surface area contributed by atoms with Gasteiger partial charge in [-0.2, -0.15) is 0 Å². The van der Waals surface area contributed by atoms with E-state index in [1.165, 1.54) is 0 Å². The van der Waals surface area contributed by atoms with Crippen LogP contribution in [0, 0.1) is 0 Å². The summed E-state index contributed by atoms with van der Waals surface area (Å²) in [6.45, 7) is 0.853. The van der Waals surface area contributed by atoms with E-state index < -0.39 is 6.10 Å². The Hall–Kier alpha value is -1.39. The molecule has 0 saturated carbocycles. The first-order valence-corrected chi connectivity index (χ1v) is 7.75. The zero-order chi connectivity index (χ0) is 15.9. The van der Waals surface area contributed by atoms with Gasteiger partial charge in [-0.05, 0) is 17.7 Å². The third-order valence-corrected chi connectivity index (χ3v) is 4.03. The second-order valence-electron chi connectivity index (χ2n) is 4.93. The molecule has 2 N–H and O–H groups in total. The summed E-state index contributed by atoms with van der Waals surface area (Å²) in [7, 11) is 0. The van der Waals surface area contributed by atoms with Crippen molar-refractivity contribution in [1.29, 1.82) is 0 Å². The van der Waals surface area contributed by atoms with Crippen LogP contribution in [0.25, 0.3) is 0 Å². The Balaban J connectivity index is 1.76. The second-order valence-corrected chi connectivity index (χ2v) is 5.75. The molecule has 0 bridgehead atoms. The molecule has 116 valence electrons. The molecule has 2 rings (SSSR count). The maximum atomic E-state index is 11.9. The fourth-order valence-corrected chi connectivity index (χ4v) is 2.35. The Bertz CT molecular complexity index is 632. The topological polar surface area (TPSA) is 49.3 Å². The molecule has 2 aromatic rings. The summed E-state index contributed by atoms with van der Waals surface area (Å²) < 4.78 is 0. The number of nitrogens with one attached hydrogen (secondary N) is 1. The van der Waals surface area contributed by atoms with Gasteiger partial charge in [0.2, 0.25) is 0 Å². The number of Topliss-reactive ketones (excluding diaryl/α,β-unsaturated/α-hetero) is 1. The van der Waals surface area contributed by atoms with Gasteiger partial charge >= 0.3 is 0 Å². The summed E-state index contributed by atoms with van der Waals surface area (Å²) in [5.41, 5.74) is 1.39. The monoisotopic (exact) mass is 337 g/mol. The van der Waals surface area contributed by atoms with Crippen LogP contribution in [0.15, 0.2) is 48.5 Å². The average Bonchev–Trinajstić information content (AvgIpc) is 2.54. The largest absolute Gasteiger partial charge is 0.387 e. The van der Waals surface area contributed by atoms with Gasteiger partial charge in [0, 0.05) is 25.1 Å². The van der Waals surface area contributed by atoms with Gasteiger partial charge in [-0.15, -0.1) is 0 Å². The van der Waals surface area contributed by atoms with Crippen molar-refractivity contribution in [3.63, 3.8) is 0 Å². The highest BCUT2D eigenvalue weighted by molar-refractivity contribution is 6.42. The van der Waals surface area contributed by atoms with Gasteiger partial charge in [0.25, 0.3) is 0 Å². The predicted molar refractivity (Wildman–Crippen MR) is 89.7 cm³/mol. The van der Waals surface area contributed by atoms with Gasteiger partial charge in [-0.1, -0.05) is 59.6 Å². The average molecular weight is 338 g/mol. The molecule has 0 aliphatic carbocycles. The summed E-state index contributed by atoms with van der Waals surface area (Å²) in [6.07, 6.45) is -0.306. The predicted octanol–water partition coefficient (Wildman–Crippen LogP) is 3.89. The summed E-state index contributed by atoms with van der Waals surface area (Å²) in [5, 5.41) is 14.0. The van der Waals surface area contributed by atoms with Crippen molar-refractivity contribution in [2.24, 2.45) is 0 Å². The minimum Gasteiger partial charge on any atom is -0.387 e. The number of hydrogen-bond donors (Lipinski definition) is 2. The lowest BCUT2D eigenvalue weighted by molar-refractivity contribution is 0.0979. The summed E-state index contributed by atoms with van der Waals surface area (Å²) in [5.74, 6) is 0.0807. The lowest BCUT2D eigenvalue weighted by Crippen LogP contribution is -2.24. The molecule has 0 amide bonds. The molecular weight excluding hydrogens is 321 g/mol. The van der Waals surface area contributed by atoms with Gasteiger partial charge in [0.1, 0.15) is 0 Å². The van der Waals surface area contributed by atoms with Crippen LogP contribution in [-0.4, -0.2) is 24.0 Å². The van der Waals surface area contributed by atoms with Gasteiger partial charge in [-0.3, -0.25) is 4.79 Å². The molecule has 1 unspecified atom stereocenters. The van der Waals surface area contributed by atoms with Crippen LogP contribution in [0.1, 0.15) is 28.4 Å². The first-order valence-electron chi connectivity index (χ1n) is 7.00. The lowest BCUT2D eigenvalue weighted by atomic mass is 10.1. The summed E-state index contributed by atoms with van der Waals surface area (Å²) in [6, 6.07) is 14.2. The van der Waals surface area contributed by atoms with Crippen molar-refractivity contribution in [2.75, 3.05) is 13.1 Å². The van der Waals surface area contributed by atoms with Gasteiger partial charge < -0.3 is 10.4 Å². The van der Waals surface area contributed by atoms with E-state index in [1.807, 2.05) is 18.2 Å². The van der Waals surface area contributed by atoms with E-state index >= 15 is 0 Å². The van der Waals surface area contributed by atoms with E-state index in [0.29, 0.717) is 40.7 Å². The molecule has 5 heteroatoms. The zero-order valence-electron chi connectivity index (χ0n) is 11.9. The van der Waals surface area contributed by atoms with E-state index in [2.05, 4.69) is 5.32 Å². The summed E-state index contributed by atoms with van der Waals surface area (Å²) >= 11 is 11.8. The van der Waals surface area contributed by atoms with Crippen LogP contribution in [0.3, 0.4) is 0 Å². The molecule has 1 atom stereocenters. The van der Waals surface area contributed by atoms with Gasteiger partial charge in [0.05, 0.1) is 16.1 Å². The van der Waals surface area contributed by atoms with Crippen molar-refractivity contribution in [3.8, 4) is 0 Å². The highest BCUT2D eigenvalue weighted by atomic mass is 35.5. The van der Waals surface area contributed by atoms with Crippen LogP contribution >= 0.6 is 23.2 Å². The van der Waals surface area contributed by atoms with Crippen molar-refractivity contribution in [1.82, 2.24) is 5.32 Å². The summed E-state index contributed by atoms with van der Waals surface area (Å²) in [4.78, 5) is 11.9. The Labute approximate surface area is 139 Å². The fourth-order valence-electron chi connectivity index (χ4n) is 2.05. The zero-order valence-corrected chi connectivity index (χ0v) is 13.4. The maximum Gasteiger partial charge on any atom is 0.164 e. The molecular formula is C17H17Cl2NO2. The number of ketones is 1. The van der Waals surface area contributed by atoms with Crippen LogP contribution < -0.4 is 5.32 Å². The number of rotatable bonds is 7. The number of benzene rings is 2. The number of aliphatic hydroxyl groups is 1. The maximum absolute atomic E-state index is 11.9. The second kappa shape index (κ2) is 8.30. The van der Waals surface area contributed by atoms with Crippen LogP contribution in [-0.2, 0) is 0 Å². The van der Waals surface area contributed by atoms with E-state index in [-0.39, 0.29) is 5.78 Å². The molecule has 0 saturated heterocycles. The quantitative estimate of drug-likeness (QED) is 0.595. The van der Waals surface area contributed by atoms with Gasteiger partial charge in [-0.25, -0.2) is 0 Å². The Morgan fingerprint density at radius 1 is 1.09 bits per heavy atom. The standard InChI is InChI=1S/C17H17Cl2NO2/c18-14-7-6-13(10-15(14)19)17(22)11-20-9-8-16(21)12-4-2-1-3-5-12/h1-7,10,17,20,22H,8-9,11H2. The first-order chi connectivity index (χ1) is 10.6. The van der Waals surface area contributed by atoms with Crippen molar-refractivity contribution in [2.45, 2.75) is 12.5 Å². The van der Waals surface area contributed by atoms with Crippen LogP contribution in [0.2, 0.25) is 10.0 Å². The van der Waals surface area contributed by atoms with E-state index in [9.17, 15) is 9.90 Å². The Kier molecular flexibility index (Phi) is 6.40. The lowest BCUT2D eigenvalue weighted by Gasteiger charge is -2.12. The number of carbonyl (C=O) groups excluding carboxylic acids is 1. The number of halogens is 2. The molecule has 0 aliphatic heterocycles. The normalized spacial score (nSPS) is 12.1. The fraction of sp³-hybridized carbons (Fsp3) is 0.235. The highest BCUT2D eigenvalue weighted by Gasteiger charge is 2.10. The number of hydrogen-bond acceptors (Lipinski definition) is 3. The molecule has 0 heterocycles. The minimum absolute atomic E-state index is 0.0807. The molecule has 2 aromatic carbocycles. The van der Waals surface area contributed by atoms with Crippen molar-refractivity contribution < 1.29 is 9.90 Å². The highest BCUT2D eigenvalue weighted by Crippen LogP contribution is 2.25. The molecule has 0 radical (unpaired) electrons. The van der Waals surface area contributed by atoms with Crippen LogP contribution in [0.5, 0.6) is 0 Å². The molecule has 0 aliphatic rings. The molecule has 3 nitrogen and oxygen atoms in total. The first kappa shape index (κ1) is 17.0. The van der Waals surface area contributed by atoms with Crippen LogP contribution in [0.4, 0.5) is 0 Å². The van der Waals surface area contributed by atoms with Crippen molar-refractivity contribution in [3.05, 3.63) is 69.7 Å². The third kappa shape index (κ3) is 4.82. The Morgan fingerprint density at radius 3 is 2.50 bits per heavy atom. The van der Waals surface area contributed by atoms with E-state index in [4.69, 9.17) is 23.2 Å². The molecule has 0 fully saturated rings. The van der Waals surface area contributed by atoms with Gasteiger partial charge in [0.15, 0.2) is 5.78 Å². The number of carbonyl (C=O) groups is 1. The minimum atomic E-state index is -0.693. The molecule has 0 spiro atoms. The van der Waals surface area contributed by atoms with Crippen molar-refractivity contribution >= 4 is 29.0 Å². The number of aliphatic hydroxyl groups excluding tert-OH is 1.